The van der Waals surface area contributed by atoms with Gasteiger partial charge in [0, 0.05) is 67.3 Å². The van der Waals surface area contributed by atoms with E-state index in [1.54, 1.807) is 0 Å². The Bertz CT molecular complexity index is 514. The van der Waals surface area contributed by atoms with Crippen molar-refractivity contribution >= 4 is 35.1 Å². The number of hydrogen-bond acceptors (Lipinski definition) is 5. The van der Waals surface area contributed by atoms with Crippen LogP contribution < -0.4 is 10.6 Å². The molecule has 2 aliphatic heterocycles. The Labute approximate surface area is 147 Å². The van der Waals surface area contributed by atoms with E-state index in [0.29, 0.717) is 12.5 Å². The number of thioether (sulfide) groups is 2. The van der Waals surface area contributed by atoms with E-state index in [4.69, 9.17) is 0 Å². The number of carbonyl (C=O) groups is 1. The van der Waals surface area contributed by atoms with Crippen LogP contribution in [0.2, 0.25) is 0 Å². The van der Waals surface area contributed by atoms with Crippen LogP contribution in [0.25, 0.3) is 0 Å². The number of carbonyl (C=O) groups excluding carboxylic acids is 1. The van der Waals surface area contributed by atoms with Crippen molar-refractivity contribution in [3.63, 3.8) is 0 Å². The highest BCUT2D eigenvalue weighted by Gasteiger charge is 2.17. The molecule has 3 rings (SSSR count). The van der Waals surface area contributed by atoms with Crippen molar-refractivity contribution in [2.75, 3.05) is 48.0 Å². The molecule has 1 unspecified atom stereocenters. The van der Waals surface area contributed by atoms with Crippen molar-refractivity contribution in [3.05, 3.63) is 29.8 Å². The van der Waals surface area contributed by atoms with Gasteiger partial charge in [-0.25, -0.2) is 0 Å². The molecule has 6 heteroatoms. The quantitative estimate of drug-likeness (QED) is 0.852. The zero-order valence-corrected chi connectivity index (χ0v) is 15.1. The third-order valence-corrected chi connectivity index (χ3v) is 6.22. The molecule has 1 aromatic carbocycles. The van der Waals surface area contributed by atoms with Gasteiger partial charge in [-0.05, 0) is 17.7 Å². The minimum absolute atomic E-state index is 0.108. The Morgan fingerprint density at radius 3 is 2.91 bits per heavy atom. The Kier molecular flexibility index (Phi) is 6.68. The van der Waals surface area contributed by atoms with Crippen LogP contribution in [0.3, 0.4) is 0 Å². The maximum Gasteiger partial charge on any atom is 0.225 e. The summed E-state index contributed by atoms with van der Waals surface area (Å²) in [7, 11) is 0. The van der Waals surface area contributed by atoms with Gasteiger partial charge in [-0.1, -0.05) is 12.1 Å². The summed E-state index contributed by atoms with van der Waals surface area (Å²) in [6, 6.07) is 8.59. The molecule has 1 amide bonds. The molecule has 2 aliphatic rings. The molecule has 1 aromatic rings. The standard InChI is InChI=1S/C17H25N3OS2/c21-17(11-16-13-23-7-4-18-16)19-15-3-1-2-14(10-15)12-20-5-8-22-9-6-20/h1-3,10,16,18H,4-9,11-13H2,(H,19,21). The Balaban J connectivity index is 1.50. The van der Waals surface area contributed by atoms with Crippen LogP contribution in [0.4, 0.5) is 5.69 Å². The zero-order valence-electron chi connectivity index (χ0n) is 13.4. The van der Waals surface area contributed by atoms with Gasteiger partial charge in [0.05, 0.1) is 0 Å². The van der Waals surface area contributed by atoms with Crippen molar-refractivity contribution in [1.29, 1.82) is 0 Å². The average molecular weight is 352 g/mol. The average Bonchev–Trinajstić information content (AvgIpc) is 2.57. The van der Waals surface area contributed by atoms with E-state index >= 15 is 0 Å². The van der Waals surface area contributed by atoms with Gasteiger partial charge in [0.15, 0.2) is 0 Å². The first-order valence-electron chi connectivity index (χ1n) is 8.29. The summed E-state index contributed by atoms with van der Waals surface area (Å²) >= 11 is 3.95. The second-order valence-corrected chi connectivity index (χ2v) is 8.44. The summed E-state index contributed by atoms with van der Waals surface area (Å²) in [6.45, 7) is 4.30. The van der Waals surface area contributed by atoms with E-state index in [2.05, 4.69) is 27.7 Å². The van der Waals surface area contributed by atoms with Gasteiger partial charge in [0.1, 0.15) is 0 Å². The second kappa shape index (κ2) is 8.97. The van der Waals surface area contributed by atoms with Crippen LogP contribution >= 0.6 is 23.5 Å². The molecule has 23 heavy (non-hydrogen) atoms. The summed E-state index contributed by atoms with van der Waals surface area (Å²) < 4.78 is 0. The lowest BCUT2D eigenvalue weighted by Gasteiger charge is -2.26. The van der Waals surface area contributed by atoms with E-state index in [9.17, 15) is 4.79 Å². The van der Waals surface area contributed by atoms with Crippen molar-refractivity contribution in [2.24, 2.45) is 0 Å². The van der Waals surface area contributed by atoms with Gasteiger partial charge >= 0.3 is 0 Å². The van der Waals surface area contributed by atoms with Crippen LogP contribution in [0.5, 0.6) is 0 Å². The van der Waals surface area contributed by atoms with Crippen molar-refractivity contribution in [1.82, 2.24) is 10.2 Å². The SMILES string of the molecule is O=C(CC1CSCCN1)Nc1cccc(CN2CCSCC2)c1. The molecule has 2 fully saturated rings. The molecule has 2 N–H and O–H groups in total. The van der Waals surface area contributed by atoms with Crippen LogP contribution in [0.15, 0.2) is 24.3 Å². The third kappa shape index (κ3) is 5.71. The molecule has 0 spiro atoms. The van der Waals surface area contributed by atoms with Crippen molar-refractivity contribution < 1.29 is 4.79 Å². The van der Waals surface area contributed by atoms with Crippen molar-refractivity contribution in [2.45, 2.75) is 19.0 Å². The Morgan fingerprint density at radius 1 is 1.26 bits per heavy atom. The predicted octanol–water partition coefficient (Wildman–Crippen LogP) is 2.27. The fourth-order valence-corrected chi connectivity index (χ4v) is 4.88. The summed E-state index contributed by atoms with van der Waals surface area (Å²) in [6.07, 6.45) is 0.556. The molecule has 1 atom stereocenters. The highest BCUT2D eigenvalue weighted by Crippen LogP contribution is 2.17. The number of nitrogens with zero attached hydrogens (tertiary/aromatic N) is 1. The number of hydrogen-bond donors (Lipinski definition) is 2. The molecule has 0 saturated carbocycles. The lowest BCUT2D eigenvalue weighted by atomic mass is 10.1. The number of benzene rings is 1. The van der Waals surface area contributed by atoms with E-state index < -0.39 is 0 Å². The topological polar surface area (TPSA) is 44.4 Å². The van der Waals surface area contributed by atoms with Crippen molar-refractivity contribution in [3.8, 4) is 0 Å². The predicted molar refractivity (Wildman–Crippen MR) is 101 cm³/mol. The van der Waals surface area contributed by atoms with Gasteiger partial charge in [-0.3, -0.25) is 9.69 Å². The van der Waals surface area contributed by atoms with E-state index in [1.165, 1.54) is 17.1 Å². The lowest BCUT2D eigenvalue weighted by molar-refractivity contribution is -0.116. The Hall–Kier alpha value is -0.690. The van der Waals surface area contributed by atoms with Gasteiger partial charge in [0.2, 0.25) is 5.91 Å². The van der Waals surface area contributed by atoms with Gasteiger partial charge in [0.25, 0.3) is 0 Å². The summed E-state index contributed by atoms with van der Waals surface area (Å²) in [5, 5.41) is 6.47. The fourth-order valence-electron chi connectivity index (χ4n) is 2.95. The summed E-state index contributed by atoms with van der Waals surface area (Å²) in [4.78, 5) is 14.7. The van der Waals surface area contributed by atoms with E-state index in [1.807, 2.05) is 35.7 Å². The maximum absolute atomic E-state index is 12.2. The first-order chi connectivity index (χ1) is 11.3. The molecule has 2 heterocycles. The Morgan fingerprint density at radius 2 is 2.13 bits per heavy atom. The third-order valence-electron chi connectivity index (χ3n) is 4.15. The molecule has 126 valence electrons. The smallest absolute Gasteiger partial charge is 0.225 e. The molecule has 0 aliphatic carbocycles. The molecule has 4 nitrogen and oxygen atoms in total. The summed E-state index contributed by atoms with van der Waals surface area (Å²) in [5.41, 5.74) is 2.20. The van der Waals surface area contributed by atoms with Crippen LogP contribution in [-0.4, -0.2) is 59.5 Å². The first-order valence-corrected chi connectivity index (χ1v) is 10.6. The molecule has 2 saturated heterocycles. The largest absolute Gasteiger partial charge is 0.326 e. The molecular formula is C17H25N3OS2. The molecular weight excluding hydrogens is 326 g/mol. The van der Waals surface area contributed by atoms with Gasteiger partial charge in [-0.2, -0.15) is 23.5 Å². The van der Waals surface area contributed by atoms with E-state index in [0.717, 1.165) is 43.4 Å². The maximum atomic E-state index is 12.2. The lowest BCUT2D eigenvalue weighted by Crippen LogP contribution is -2.39. The first kappa shape index (κ1) is 17.1. The number of nitrogens with one attached hydrogen (secondary N) is 2. The normalized spacial score (nSPS) is 22.7. The van der Waals surface area contributed by atoms with Crippen LogP contribution in [0, 0.1) is 0 Å². The highest BCUT2D eigenvalue weighted by atomic mass is 32.2. The minimum Gasteiger partial charge on any atom is -0.326 e. The highest BCUT2D eigenvalue weighted by molar-refractivity contribution is 7.99. The van der Waals surface area contributed by atoms with Gasteiger partial charge in [-0.15, -0.1) is 0 Å². The van der Waals surface area contributed by atoms with Crippen LogP contribution in [0.1, 0.15) is 12.0 Å². The molecule has 0 bridgehead atoms. The second-order valence-electron chi connectivity index (χ2n) is 6.07. The molecule has 0 radical (unpaired) electrons. The van der Waals surface area contributed by atoms with Gasteiger partial charge < -0.3 is 10.6 Å². The van der Waals surface area contributed by atoms with Crippen LogP contribution in [-0.2, 0) is 11.3 Å². The number of anilines is 1. The number of rotatable bonds is 5. The fraction of sp³-hybridized carbons (Fsp3) is 0.588. The monoisotopic (exact) mass is 351 g/mol. The van der Waals surface area contributed by atoms with E-state index in [-0.39, 0.29) is 5.91 Å². The number of amides is 1. The summed E-state index contributed by atoms with van der Waals surface area (Å²) in [5.74, 6) is 4.73. The minimum atomic E-state index is 0.108. The zero-order chi connectivity index (χ0) is 15.9. The molecule has 0 aromatic heterocycles.